The summed E-state index contributed by atoms with van der Waals surface area (Å²) >= 11 is 0. The molecule has 2 N–H and O–H groups in total. The van der Waals surface area contributed by atoms with E-state index in [2.05, 4.69) is 15.7 Å². The van der Waals surface area contributed by atoms with Crippen molar-refractivity contribution in [1.82, 2.24) is 5.32 Å². The topological polar surface area (TPSA) is 73.8 Å². The molecule has 0 spiro atoms. The van der Waals surface area contributed by atoms with Crippen LogP contribution in [0, 0.1) is 0 Å². The quantitative estimate of drug-likeness (QED) is 0.621. The van der Waals surface area contributed by atoms with Crippen molar-refractivity contribution in [1.29, 1.82) is 0 Å². The molecule has 0 radical (unpaired) electrons. The van der Waals surface area contributed by atoms with Gasteiger partial charge in [0, 0.05) is 17.7 Å². The summed E-state index contributed by atoms with van der Waals surface area (Å²) in [6, 6.07) is 27.9. The molecular weight excluding hydrogens is 376 g/mol. The standard InChI is InChI=1S/C24H22N4O2/c1-2-21(29)26-24(25-19-14-8-4-9-15-19)22(18-12-6-3-7-13-18)27-28(23(24)30)20-16-10-5-11-17-20/h3-17,25H,2H2,1H3,(H,26,29). The molecule has 1 heterocycles. The van der Waals surface area contributed by atoms with Gasteiger partial charge in [0.1, 0.15) is 5.71 Å². The molecule has 30 heavy (non-hydrogen) atoms. The fourth-order valence-electron chi connectivity index (χ4n) is 3.39. The minimum absolute atomic E-state index is 0.235. The second-order valence-electron chi connectivity index (χ2n) is 6.91. The van der Waals surface area contributed by atoms with Gasteiger partial charge in [-0.2, -0.15) is 10.1 Å². The molecule has 6 heteroatoms. The van der Waals surface area contributed by atoms with Crippen molar-refractivity contribution in [3.05, 3.63) is 96.6 Å². The van der Waals surface area contributed by atoms with Crippen LogP contribution in [0.3, 0.4) is 0 Å². The van der Waals surface area contributed by atoms with Gasteiger partial charge >= 0.3 is 5.91 Å². The van der Waals surface area contributed by atoms with Crippen LogP contribution in [0.4, 0.5) is 11.4 Å². The molecule has 2 amide bonds. The van der Waals surface area contributed by atoms with Gasteiger partial charge in [0.05, 0.1) is 5.69 Å². The van der Waals surface area contributed by atoms with Gasteiger partial charge in [-0.15, -0.1) is 0 Å². The van der Waals surface area contributed by atoms with Crippen molar-refractivity contribution < 1.29 is 9.59 Å². The first-order chi connectivity index (χ1) is 14.6. The number of carbonyl (C=O) groups is 2. The van der Waals surface area contributed by atoms with Crippen molar-refractivity contribution in [3.8, 4) is 0 Å². The first kappa shape index (κ1) is 19.4. The summed E-state index contributed by atoms with van der Waals surface area (Å²) in [4.78, 5) is 26.4. The number of rotatable bonds is 6. The Kier molecular flexibility index (Phi) is 5.30. The second-order valence-corrected chi connectivity index (χ2v) is 6.91. The van der Waals surface area contributed by atoms with Crippen LogP contribution in [0.2, 0.25) is 0 Å². The number of benzene rings is 3. The van der Waals surface area contributed by atoms with E-state index < -0.39 is 5.66 Å². The van der Waals surface area contributed by atoms with Crippen molar-refractivity contribution in [2.45, 2.75) is 19.0 Å². The van der Waals surface area contributed by atoms with Gasteiger partial charge in [-0.3, -0.25) is 9.59 Å². The highest BCUT2D eigenvalue weighted by Gasteiger charge is 2.53. The average Bonchev–Trinajstić information content (AvgIpc) is 3.07. The van der Waals surface area contributed by atoms with E-state index in [0.29, 0.717) is 17.1 Å². The fourth-order valence-corrected chi connectivity index (χ4v) is 3.39. The van der Waals surface area contributed by atoms with Gasteiger partial charge < -0.3 is 10.6 Å². The largest absolute Gasteiger partial charge is 0.350 e. The van der Waals surface area contributed by atoms with Gasteiger partial charge in [0.2, 0.25) is 11.6 Å². The summed E-state index contributed by atoms with van der Waals surface area (Å²) in [6.45, 7) is 1.75. The minimum atomic E-state index is -1.54. The predicted molar refractivity (Wildman–Crippen MR) is 118 cm³/mol. The Labute approximate surface area is 175 Å². The molecule has 4 rings (SSSR count). The lowest BCUT2D eigenvalue weighted by Gasteiger charge is -2.32. The van der Waals surface area contributed by atoms with E-state index in [-0.39, 0.29) is 18.2 Å². The highest BCUT2D eigenvalue weighted by molar-refractivity contribution is 6.30. The van der Waals surface area contributed by atoms with E-state index in [9.17, 15) is 9.59 Å². The molecule has 0 saturated carbocycles. The lowest BCUT2D eigenvalue weighted by molar-refractivity contribution is -0.127. The molecule has 1 aliphatic heterocycles. The lowest BCUT2D eigenvalue weighted by atomic mass is 9.95. The van der Waals surface area contributed by atoms with Crippen LogP contribution in [0.25, 0.3) is 0 Å². The Balaban J connectivity index is 1.89. The molecule has 6 nitrogen and oxygen atoms in total. The van der Waals surface area contributed by atoms with Gasteiger partial charge in [0.25, 0.3) is 0 Å². The molecule has 3 aromatic rings. The van der Waals surface area contributed by atoms with Crippen LogP contribution in [0.5, 0.6) is 0 Å². The first-order valence-electron chi connectivity index (χ1n) is 9.82. The third-order valence-corrected chi connectivity index (χ3v) is 4.87. The molecule has 3 aromatic carbocycles. The van der Waals surface area contributed by atoms with Gasteiger partial charge in [-0.25, -0.2) is 0 Å². The molecule has 0 bridgehead atoms. The Hall–Kier alpha value is -3.93. The number of hydrogen-bond acceptors (Lipinski definition) is 4. The van der Waals surface area contributed by atoms with Crippen molar-refractivity contribution in [3.63, 3.8) is 0 Å². The molecule has 0 aliphatic carbocycles. The summed E-state index contributed by atoms with van der Waals surface area (Å²) in [7, 11) is 0. The van der Waals surface area contributed by atoms with E-state index in [4.69, 9.17) is 0 Å². The average molecular weight is 398 g/mol. The molecule has 1 unspecified atom stereocenters. The van der Waals surface area contributed by atoms with Crippen LogP contribution in [0.1, 0.15) is 18.9 Å². The number of para-hydroxylation sites is 2. The number of hydrazone groups is 1. The van der Waals surface area contributed by atoms with Gasteiger partial charge in [-0.1, -0.05) is 73.7 Å². The number of anilines is 2. The Morgan fingerprint density at radius 3 is 2.07 bits per heavy atom. The third kappa shape index (κ3) is 3.55. The van der Waals surface area contributed by atoms with Crippen molar-refractivity contribution in [2.24, 2.45) is 5.10 Å². The van der Waals surface area contributed by atoms with Crippen LogP contribution in [-0.2, 0) is 9.59 Å². The Morgan fingerprint density at radius 1 is 0.900 bits per heavy atom. The zero-order valence-electron chi connectivity index (χ0n) is 16.6. The zero-order valence-corrected chi connectivity index (χ0v) is 16.6. The van der Waals surface area contributed by atoms with E-state index in [1.54, 1.807) is 6.92 Å². The monoisotopic (exact) mass is 398 g/mol. The van der Waals surface area contributed by atoms with Crippen LogP contribution >= 0.6 is 0 Å². The summed E-state index contributed by atoms with van der Waals surface area (Å²) in [5.41, 5.74) is 0.956. The van der Waals surface area contributed by atoms with Crippen molar-refractivity contribution >= 4 is 28.9 Å². The van der Waals surface area contributed by atoms with Crippen LogP contribution < -0.4 is 15.6 Å². The maximum Gasteiger partial charge on any atom is 0.300 e. The molecule has 0 aromatic heterocycles. The maximum atomic E-state index is 13.8. The van der Waals surface area contributed by atoms with Crippen LogP contribution in [-0.4, -0.2) is 23.2 Å². The van der Waals surface area contributed by atoms with E-state index in [0.717, 1.165) is 5.56 Å². The minimum Gasteiger partial charge on any atom is -0.350 e. The predicted octanol–water partition coefficient (Wildman–Crippen LogP) is 3.77. The third-order valence-electron chi connectivity index (χ3n) is 4.87. The highest BCUT2D eigenvalue weighted by atomic mass is 16.2. The van der Waals surface area contributed by atoms with Gasteiger partial charge in [-0.05, 0) is 24.3 Å². The highest BCUT2D eigenvalue weighted by Crippen LogP contribution is 2.31. The van der Waals surface area contributed by atoms with Gasteiger partial charge in [0.15, 0.2) is 0 Å². The second kappa shape index (κ2) is 8.21. The number of carbonyl (C=O) groups excluding carboxylic acids is 2. The van der Waals surface area contributed by atoms with E-state index >= 15 is 0 Å². The molecule has 1 atom stereocenters. The molecule has 1 aliphatic rings. The zero-order chi connectivity index (χ0) is 21.0. The maximum absolute atomic E-state index is 13.8. The Morgan fingerprint density at radius 2 is 1.47 bits per heavy atom. The lowest BCUT2D eigenvalue weighted by Crippen LogP contribution is -2.65. The number of amides is 2. The molecule has 0 saturated heterocycles. The fraction of sp³-hybridized carbons (Fsp3) is 0.125. The molecule has 0 fully saturated rings. The summed E-state index contributed by atoms with van der Waals surface area (Å²) in [6.07, 6.45) is 0.235. The van der Waals surface area contributed by atoms with E-state index in [1.807, 2.05) is 91.0 Å². The summed E-state index contributed by atoms with van der Waals surface area (Å²) in [5, 5.41) is 12.2. The van der Waals surface area contributed by atoms with Crippen LogP contribution in [0.15, 0.2) is 96.1 Å². The van der Waals surface area contributed by atoms with Crippen molar-refractivity contribution in [2.75, 3.05) is 10.3 Å². The number of nitrogens with zero attached hydrogens (tertiary/aromatic N) is 2. The van der Waals surface area contributed by atoms with E-state index in [1.165, 1.54) is 5.01 Å². The number of nitrogens with one attached hydrogen (secondary N) is 2. The molecule has 150 valence electrons. The summed E-state index contributed by atoms with van der Waals surface area (Å²) < 4.78 is 0. The normalized spacial score (nSPS) is 18.1. The summed E-state index contributed by atoms with van der Waals surface area (Å²) in [5.74, 6) is -0.636. The number of hydrogen-bond donors (Lipinski definition) is 2. The Bertz CT molecular complexity index is 1070. The SMILES string of the molecule is CCC(=O)NC1(Nc2ccccc2)C(=O)N(c2ccccc2)N=C1c1ccccc1. The molecular formula is C24H22N4O2. The smallest absolute Gasteiger partial charge is 0.300 e. The first-order valence-corrected chi connectivity index (χ1v) is 9.82.